The van der Waals surface area contributed by atoms with Crippen molar-refractivity contribution in [3.8, 4) is 0 Å². The minimum absolute atomic E-state index is 0.251. The van der Waals surface area contributed by atoms with Crippen LogP contribution < -0.4 is 5.32 Å². The lowest BCUT2D eigenvalue weighted by atomic mass is 10.0. The van der Waals surface area contributed by atoms with Crippen LogP contribution in [0, 0.1) is 6.92 Å². The maximum atomic E-state index is 12.2. The van der Waals surface area contributed by atoms with Crippen molar-refractivity contribution >= 4 is 28.1 Å². The van der Waals surface area contributed by atoms with Gasteiger partial charge in [0.1, 0.15) is 0 Å². The Labute approximate surface area is 145 Å². The molecular weight excluding hydrogens is 354 g/mol. The molecule has 0 aromatic heterocycles. The number of carbonyl (C=O) groups excluding carboxylic acids is 2. The fourth-order valence-electron chi connectivity index (χ4n) is 2.29. The van der Waals surface area contributed by atoms with E-state index in [4.69, 9.17) is 0 Å². The van der Waals surface area contributed by atoms with Gasteiger partial charge in [-0.25, -0.2) is 0 Å². The van der Waals surface area contributed by atoms with Gasteiger partial charge < -0.3 is 5.32 Å². The molecule has 3 nitrogen and oxygen atoms in total. The Bertz CT molecular complexity index is 670. The van der Waals surface area contributed by atoms with Gasteiger partial charge in [0.15, 0.2) is 0 Å². The Morgan fingerprint density at radius 3 is 2.61 bits per heavy atom. The molecule has 0 spiro atoms. The second-order valence-electron chi connectivity index (χ2n) is 5.49. The molecule has 0 fully saturated rings. The lowest BCUT2D eigenvalue weighted by Gasteiger charge is -2.12. The molecule has 2 aromatic rings. The van der Waals surface area contributed by atoms with Crippen LogP contribution in [0.1, 0.15) is 34.3 Å². The van der Waals surface area contributed by atoms with E-state index >= 15 is 0 Å². The van der Waals surface area contributed by atoms with E-state index < -0.39 is 6.04 Å². The maximum Gasteiger partial charge on any atom is 0.251 e. The second kappa shape index (κ2) is 8.63. The molecule has 0 aliphatic heterocycles. The van der Waals surface area contributed by atoms with Gasteiger partial charge in [0.2, 0.25) is 6.29 Å². The largest absolute Gasteiger partial charge is 0.342 e. The van der Waals surface area contributed by atoms with E-state index in [1.165, 1.54) is 5.56 Å². The van der Waals surface area contributed by atoms with Gasteiger partial charge in [-0.15, -0.1) is 0 Å². The highest BCUT2D eigenvalue weighted by atomic mass is 79.9. The highest BCUT2D eigenvalue weighted by Crippen LogP contribution is 2.17. The Morgan fingerprint density at radius 2 is 1.96 bits per heavy atom. The predicted molar refractivity (Wildman–Crippen MR) is 95.2 cm³/mol. The van der Waals surface area contributed by atoms with E-state index in [1.807, 2.05) is 37.5 Å². The van der Waals surface area contributed by atoms with Crippen LogP contribution in [0.15, 0.2) is 53.0 Å². The number of benzene rings is 2. The molecule has 2 aromatic carbocycles. The zero-order chi connectivity index (χ0) is 16.7. The van der Waals surface area contributed by atoms with Gasteiger partial charge in [-0.05, 0) is 49.4 Å². The van der Waals surface area contributed by atoms with Crippen LogP contribution in [0.2, 0.25) is 0 Å². The van der Waals surface area contributed by atoms with Crippen LogP contribution in [0.4, 0.5) is 0 Å². The van der Waals surface area contributed by atoms with Crippen molar-refractivity contribution in [3.05, 3.63) is 69.7 Å². The molecule has 119 valence electrons. The van der Waals surface area contributed by atoms with E-state index in [1.54, 1.807) is 12.1 Å². The third-order valence-corrected chi connectivity index (χ3v) is 4.54. The first kappa shape index (κ1) is 17.4. The number of nitrogens with one attached hydrogen (secondary N) is 1. The highest BCUT2D eigenvalue weighted by Gasteiger charge is 2.14. The zero-order valence-electron chi connectivity index (χ0n) is 13.0. The minimum Gasteiger partial charge on any atom is -0.342 e. The first-order valence-corrected chi connectivity index (χ1v) is 8.38. The normalized spacial score (nSPS) is 11.7. The van der Waals surface area contributed by atoms with Crippen LogP contribution in [0.3, 0.4) is 0 Å². The number of rotatable bonds is 7. The summed E-state index contributed by atoms with van der Waals surface area (Å²) in [6, 6.07) is 14.9. The standard InChI is InChI=1S/C19H19BrNO2/c1-14-10-11-16(12-18(14)20)19(23)21-17(13-22)9-5-8-15-6-3-2-4-7-15/h2-4,6-7,10-12,17H,5,8-9H2,1H3,(H,21,23)/t17-/m1/s1. The van der Waals surface area contributed by atoms with Crippen LogP contribution in [-0.4, -0.2) is 18.2 Å². The highest BCUT2D eigenvalue weighted by molar-refractivity contribution is 9.10. The average molecular weight is 373 g/mol. The summed E-state index contributed by atoms with van der Waals surface area (Å²) in [5.74, 6) is -0.251. The van der Waals surface area contributed by atoms with E-state index in [2.05, 4.69) is 33.4 Å². The minimum atomic E-state index is -0.578. The summed E-state index contributed by atoms with van der Waals surface area (Å²) in [5.41, 5.74) is 2.82. The smallest absolute Gasteiger partial charge is 0.251 e. The van der Waals surface area contributed by atoms with Crippen molar-refractivity contribution in [1.29, 1.82) is 0 Å². The lowest BCUT2D eigenvalue weighted by Crippen LogP contribution is -2.36. The first-order chi connectivity index (χ1) is 11.1. The van der Waals surface area contributed by atoms with Gasteiger partial charge in [-0.3, -0.25) is 9.59 Å². The molecule has 0 aliphatic carbocycles. The van der Waals surface area contributed by atoms with Crippen molar-refractivity contribution in [3.63, 3.8) is 0 Å². The fourth-order valence-corrected chi connectivity index (χ4v) is 2.67. The van der Waals surface area contributed by atoms with Gasteiger partial charge >= 0.3 is 0 Å². The molecule has 1 radical (unpaired) electrons. The van der Waals surface area contributed by atoms with Crippen LogP contribution >= 0.6 is 15.9 Å². The van der Waals surface area contributed by atoms with E-state index in [0.717, 1.165) is 22.9 Å². The van der Waals surface area contributed by atoms with Crippen molar-refractivity contribution in [1.82, 2.24) is 5.32 Å². The third kappa shape index (κ3) is 5.32. The van der Waals surface area contributed by atoms with Crippen molar-refractivity contribution in [2.75, 3.05) is 0 Å². The summed E-state index contributed by atoms with van der Waals surface area (Å²) >= 11 is 3.41. The molecule has 0 saturated heterocycles. The van der Waals surface area contributed by atoms with E-state index in [-0.39, 0.29) is 5.91 Å². The summed E-state index contributed by atoms with van der Waals surface area (Å²) in [6.07, 6.45) is 4.20. The fraction of sp³-hybridized carbons (Fsp3) is 0.263. The molecule has 0 aliphatic rings. The number of hydrogen-bond acceptors (Lipinski definition) is 2. The zero-order valence-corrected chi connectivity index (χ0v) is 14.6. The maximum absolute atomic E-state index is 12.2. The first-order valence-electron chi connectivity index (χ1n) is 7.59. The SMILES string of the molecule is Cc1ccc(C(=O)N[C@@H]([C]=O)CCCc2ccccc2)cc1Br. The molecule has 4 heteroatoms. The molecule has 1 atom stereocenters. The Balaban J connectivity index is 1.87. The molecule has 1 N–H and O–H groups in total. The quantitative estimate of drug-likeness (QED) is 0.798. The van der Waals surface area contributed by atoms with Crippen molar-refractivity contribution < 1.29 is 9.59 Å². The Kier molecular flexibility index (Phi) is 6.53. The lowest BCUT2D eigenvalue weighted by molar-refractivity contribution is 0.0944. The molecule has 0 saturated carbocycles. The van der Waals surface area contributed by atoms with Gasteiger partial charge in [-0.1, -0.05) is 52.3 Å². The molecule has 0 unspecified atom stereocenters. The summed E-state index contributed by atoms with van der Waals surface area (Å²) in [6.45, 7) is 1.96. The van der Waals surface area contributed by atoms with Crippen molar-refractivity contribution in [2.45, 2.75) is 32.2 Å². The predicted octanol–water partition coefficient (Wildman–Crippen LogP) is 3.99. The number of aryl methyl sites for hydroxylation is 2. The molecule has 0 bridgehead atoms. The number of halogens is 1. The van der Waals surface area contributed by atoms with E-state index in [0.29, 0.717) is 12.0 Å². The van der Waals surface area contributed by atoms with Gasteiger partial charge in [0, 0.05) is 10.0 Å². The van der Waals surface area contributed by atoms with Gasteiger partial charge in [0.05, 0.1) is 6.04 Å². The summed E-state index contributed by atoms with van der Waals surface area (Å²) < 4.78 is 0.876. The van der Waals surface area contributed by atoms with Crippen LogP contribution in [-0.2, 0) is 11.2 Å². The van der Waals surface area contributed by atoms with Crippen LogP contribution in [0.25, 0.3) is 0 Å². The van der Waals surface area contributed by atoms with Crippen LogP contribution in [0.5, 0.6) is 0 Å². The summed E-state index contributed by atoms with van der Waals surface area (Å²) in [7, 11) is 0. The average Bonchev–Trinajstić information content (AvgIpc) is 2.57. The van der Waals surface area contributed by atoms with Gasteiger partial charge in [-0.2, -0.15) is 0 Å². The topological polar surface area (TPSA) is 46.2 Å². The van der Waals surface area contributed by atoms with E-state index in [9.17, 15) is 9.59 Å². The summed E-state index contributed by atoms with van der Waals surface area (Å²) in [4.78, 5) is 23.3. The van der Waals surface area contributed by atoms with Gasteiger partial charge in [0.25, 0.3) is 5.91 Å². The summed E-state index contributed by atoms with van der Waals surface area (Å²) in [5, 5.41) is 2.73. The monoisotopic (exact) mass is 372 g/mol. The molecule has 23 heavy (non-hydrogen) atoms. The third-order valence-electron chi connectivity index (χ3n) is 3.68. The van der Waals surface area contributed by atoms with Crippen molar-refractivity contribution in [2.24, 2.45) is 0 Å². The molecule has 1 amide bonds. The number of carbonyl (C=O) groups is 1. The second-order valence-corrected chi connectivity index (χ2v) is 6.34. The number of amides is 1. The molecular formula is C19H19BrNO2. The number of hydrogen-bond donors (Lipinski definition) is 1. The molecule has 0 heterocycles. The Morgan fingerprint density at radius 1 is 1.22 bits per heavy atom. The molecule has 2 rings (SSSR count). The Hall–Kier alpha value is -1.94.